The van der Waals surface area contributed by atoms with Crippen molar-refractivity contribution in [3.8, 4) is 5.75 Å². The molecule has 5 nitrogen and oxygen atoms in total. The molecule has 0 saturated heterocycles. The zero-order chi connectivity index (χ0) is 18.1. The van der Waals surface area contributed by atoms with Crippen LogP contribution in [0.5, 0.6) is 5.75 Å². The number of thiazole rings is 1. The number of benzene rings is 2. The summed E-state index contributed by atoms with van der Waals surface area (Å²) in [6, 6.07) is 13.9. The average Bonchev–Trinajstić information content (AvgIpc) is 3.00. The smallest absolute Gasteiger partial charge is 0.226 e. The lowest BCUT2D eigenvalue weighted by Gasteiger charge is -2.21. The fourth-order valence-corrected chi connectivity index (χ4v) is 3.91. The molecule has 26 heavy (non-hydrogen) atoms. The number of nitrogens with one attached hydrogen (secondary N) is 1. The molecule has 132 valence electrons. The van der Waals surface area contributed by atoms with Gasteiger partial charge in [0.15, 0.2) is 5.13 Å². The van der Waals surface area contributed by atoms with Crippen molar-refractivity contribution in [1.29, 1.82) is 0 Å². The Morgan fingerprint density at radius 2 is 2.08 bits per heavy atom. The third-order valence-electron chi connectivity index (χ3n) is 4.21. The minimum absolute atomic E-state index is 0.0641. The van der Waals surface area contributed by atoms with Crippen LogP contribution in [0, 0.1) is 5.82 Å². The Morgan fingerprint density at radius 1 is 1.27 bits per heavy atom. The number of hydrogen-bond donors (Lipinski definition) is 2. The number of carbonyl (C=O) groups excluding carboxylic acids is 1. The van der Waals surface area contributed by atoms with Crippen molar-refractivity contribution >= 4 is 28.2 Å². The van der Waals surface area contributed by atoms with Gasteiger partial charge in [0.2, 0.25) is 5.91 Å². The molecule has 1 aromatic heterocycles. The van der Waals surface area contributed by atoms with Crippen LogP contribution in [0.25, 0.3) is 0 Å². The van der Waals surface area contributed by atoms with Gasteiger partial charge in [-0.25, -0.2) is 9.37 Å². The van der Waals surface area contributed by atoms with E-state index in [0.29, 0.717) is 29.7 Å². The Hall–Kier alpha value is -2.93. The monoisotopic (exact) mass is 369 g/mol. The predicted molar refractivity (Wildman–Crippen MR) is 98.8 cm³/mol. The predicted octanol–water partition coefficient (Wildman–Crippen LogP) is 3.92. The van der Waals surface area contributed by atoms with Crippen LogP contribution < -0.4 is 15.8 Å². The molecule has 0 fully saturated rings. The topological polar surface area (TPSA) is 77.2 Å². The van der Waals surface area contributed by atoms with E-state index in [4.69, 9.17) is 10.5 Å². The molecule has 0 bridgehead atoms. The molecule has 0 saturated carbocycles. The number of nitrogens with two attached hydrogens (primary N) is 1. The van der Waals surface area contributed by atoms with Crippen LogP contribution >= 0.6 is 11.3 Å². The van der Waals surface area contributed by atoms with Crippen LogP contribution in [0.4, 0.5) is 15.3 Å². The first-order valence-corrected chi connectivity index (χ1v) is 8.93. The largest absolute Gasteiger partial charge is 0.489 e. The highest BCUT2D eigenvalue weighted by Crippen LogP contribution is 2.41. The maximum Gasteiger partial charge on any atom is 0.226 e. The SMILES string of the molecule is Nc1nc2c(s1)C(c1ccc(OCc3cccc(F)c3)cc1)CC(=O)N2. The van der Waals surface area contributed by atoms with Crippen LogP contribution in [-0.4, -0.2) is 10.9 Å². The normalized spacial score (nSPS) is 16.0. The van der Waals surface area contributed by atoms with Crippen molar-refractivity contribution in [2.45, 2.75) is 18.9 Å². The fourth-order valence-electron chi connectivity index (χ4n) is 3.00. The second-order valence-electron chi connectivity index (χ2n) is 6.06. The van der Waals surface area contributed by atoms with Gasteiger partial charge in [-0.2, -0.15) is 0 Å². The number of rotatable bonds is 4. The summed E-state index contributed by atoms with van der Waals surface area (Å²) in [5.41, 5.74) is 7.55. The summed E-state index contributed by atoms with van der Waals surface area (Å²) in [5.74, 6) is 0.823. The Bertz CT molecular complexity index is 956. The molecule has 0 aliphatic carbocycles. The highest BCUT2D eigenvalue weighted by molar-refractivity contribution is 7.16. The van der Waals surface area contributed by atoms with Crippen LogP contribution in [0.1, 0.15) is 28.3 Å². The lowest BCUT2D eigenvalue weighted by molar-refractivity contribution is -0.116. The molecule has 1 unspecified atom stereocenters. The van der Waals surface area contributed by atoms with E-state index < -0.39 is 0 Å². The Labute approximate surface area is 153 Å². The second-order valence-corrected chi connectivity index (χ2v) is 7.12. The van der Waals surface area contributed by atoms with Gasteiger partial charge in [-0.3, -0.25) is 4.79 Å². The first-order chi connectivity index (χ1) is 12.6. The maximum atomic E-state index is 13.2. The molecule has 1 aliphatic heterocycles. The Balaban J connectivity index is 1.50. The molecule has 0 radical (unpaired) electrons. The van der Waals surface area contributed by atoms with Crippen LogP contribution in [0.3, 0.4) is 0 Å². The minimum Gasteiger partial charge on any atom is -0.489 e. The number of aromatic nitrogens is 1. The summed E-state index contributed by atoms with van der Waals surface area (Å²) in [5, 5.41) is 3.20. The number of ether oxygens (including phenoxy) is 1. The number of nitrogen functional groups attached to an aromatic ring is 1. The average molecular weight is 369 g/mol. The van der Waals surface area contributed by atoms with Crippen LogP contribution in [0.2, 0.25) is 0 Å². The van der Waals surface area contributed by atoms with Crippen molar-refractivity contribution in [1.82, 2.24) is 4.98 Å². The number of hydrogen-bond acceptors (Lipinski definition) is 5. The molecule has 1 amide bonds. The summed E-state index contributed by atoms with van der Waals surface area (Å²) in [6.45, 7) is 0.290. The van der Waals surface area contributed by atoms with Crippen LogP contribution in [0.15, 0.2) is 48.5 Å². The van der Waals surface area contributed by atoms with Gasteiger partial charge < -0.3 is 15.8 Å². The molecule has 3 aromatic rings. The first-order valence-electron chi connectivity index (χ1n) is 8.12. The van der Waals surface area contributed by atoms with Gasteiger partial charge in [0.1, 0.15) is 24.0 Å². The highest BCUT2D eigenvalue weighted by atomic mass is 32.1. The zero-order valence-electron chi connectivity index (χ0n) is 13.7. The molecule has 1 atom stereocenters. The fraction of sp³-hybridized carbons (Fsp3) is 0.158. The van der Waals surface area contributed by atoms with E-state index >= 15 is 0 Å². The Kier molecular flexibility index (Phi) is 4.30. The first kappa shape index (κ1) is 16.5. The number of fused-ring (bicyclic) bond motifs is 1. The Morgan fingerprint density at radius 3 is 2.85 bits per heavy atom. The van der Waals surface area contributed by atoms with E-state index in [1.165, 1.54) is 23.5 Å². The van der Waals surface area contributed by atoms with Crippen molar-refractivity contribution in [2.24, 2.45) is 0 Å². The molecule has 3 N–H and O–H groups in total. The van der Waals surface area contributed by atoms with Crippen molar-refractivity contribution in [3.63, 3.8) is 0 Å². The van der Waals surface area contributed by atoms with E-state index in [0.717, 1.165) is 16.0 Å². The molecule has 7 heteroatoms. The van der Waals surface area contributed by atoms with Gasteiger partial charge in [-0.15, -0.1) is 0 Å². The van der Waals surface area contributed by atoms with Gasteiger partial charge >= 0.3 is 0 Å². The lowest BCUT2D eigenvalue weighted by Crippen LogP contribution is -2.22. The molecule has 2 heterocycles. The molecular weight excluding hydrogens is 353 g/mol. The summed E-state index contributed by atoms with van der Waals surface area (Å²) < 4.78 is 18.9. The summed E-state index contributed by atoms with van der Waals surface area (Å²) in [4.78, 5) is 17.1. The van der Waals surface area contributed by atoms with E-state index in [2.05, 4.69) is 10.3 Å². The lowest BCUT2D eigenvalue weighted by atomic mass is 9.91. The zero-order valence-corrected chi connectivity index (χ0v) is 14.6. The molecule has 4 rings (SSSR count). The van der Waals surface area contributed by atoms with Gasteiger partial charge in [0.05, 0.1) is 4.88 Å². The number of halogens is 1. The summed E-state index contributed by atoms with van der Waals surface area (Å²) in [7, 11) is 0. The van der Waals surface area contributed by atoms with Gasteiger partial charge in [0.25, 0.3) is 0 Å². The number of nitrogens with zero attached hydrogens (tertiary/aromatic N) is 1. The number of carbonyl (C=O) groups is 1. The van der Waals surface area contributed by atoms with Crippen LogP contribution in [-0.2, 0) is 11.4 Å². The maximum absolute atomic E-state index is 13.2. The van der Waals surface area contributed by atoms with E-state index in [1.54, 1.807) is 6.07 Å². The number of anilines is 2. The van der Waals surface area contributed by atoms with Gasteiger partial charge in [0, 0.05) is 12.3 Å². The summed E-state index contributed by atoms with van der Waals surface area (Å²) >= 11 is 1.39. The molecule has 2 aromatic carbocycles. The van der Waals surface area contributed by atoms with Crippen molar-refractivity contribution in [2.75, 3.05) is 11.1 Å². The second kappa shape index (κ2) is 6.76. The van der Waals surface area contributed by atoms with Crippen molar-refractivity contribution < 1.29 is 13.9 Å². The van der Waals surface area contributed by atoms with Crippen molar-refractivity contribution in [3.05, 3.63) is 70.4 Å². The molecule has 0 spiro atoms. The standard InChI is InChI=1S/C19H16FN3O2S/c20-13-3-1-2-11(8-13)10-25-14-6-4-12(5-7-14)15-9-16(24)22-18-17(15)26-19(21)23-18/h1-8,15H,9-10H2,(H2,21,23)(H,22,24). The molecule has 1 aliphatic rings. The molecular formula is C19H16FN3O2S. The minimum atomic E-state index is -0.281. The van der Waals surface area contributed by atoms with E-state index in [-0.39, 0.29) is 17.6 Å². The van der Waals surface area contributed by atoms with Gasteiger partial charge in [-0.05, 0) is 35.4 Å². The van der Waals surface area contributed by atoms with E-state index in [1.807, 2.05) is 30.3 Å². The summed E-state index contributed by atoms with van der Waals surface area (Å²) in [6.07, 6.45) is 0.359. The quantitative estimate of drug-likeness (QED) is 0.731. The van der Waals surface area contributed by atoms with E-state index in [9.17, 15) is 9.18 Å². The third-order valence-corrected chi connectivity index (χ3v) is 5.21. The number of amides is 1. The van der Waals surface area contributed by atoms with Gasteiger partial charge in [-0.1, -0.05) is 35.6 Å². The highest BCUT2D eigenvalue weighted by Gasteiger charge is 2.29. The third kappa shape index (κ3) is 3.39.